The van der Waals surface area contributed by atoms with Crippen LogP contribution in [-0.4, -0.2) is 77.8 Å². The zero-order valence-electron chi connectivity index (χ0n) is 22.1. The van der Waals surface area contributed by atoms with E-state index in [1.54, 1.807) is 0 Å². The summed E-state index contributed by atoms with van der Waals surface area (Å²) in [5.74, 6) is -3.34. The van der Waals surface area contributed by atoms with Gasteiger partial charge >= 0.3 is 5.97 Å². The fourth-order valence-corrected chi connectivity index (χ4v) is 4.79. The second-order valence-electron chi connectivity index (χ2n) is 9.79. The van der Waals surface area contributed by atoms with E-state index in [1.807, 2.05) is 0 Å². The van der Waals surface area contributed by atoms with Crippen molar-refractivity contribution in [2.24, 2.45) is 0 Å². The number of aromatic hydroxyl groups is 5. The van der Waals surface area contributed by atoms with Crippen LogP contribution in [0.3, 0.4) is 0 Å². The number of carbonyl (C=O) groups excluding carboxylic acids is 1. The second-order valence-corrected chi connectivity index (χ2v) is 9.79. The first kappa shape index (κ1) is 29.4. The number of hydrogen-bond donors (Lipinski definition) is 8. The molecule has 0 radical (unpaired) electrons. The SMILES string of the molecule is O=C(/C=C/c1ccc(O)c(O)c1)O[C@@H]1[C@@H](O)[C@H](O)[C@@H](CO)O[C@H]1c1c(O)cc2oc(-c3ccc(O)cc3)cc(=O)c2c1O. The molecule has 13 heteroatoms. The van der Waals surface area contributed by atoms with Gasteiger partial charge < -0.3 is 54.7 Å². The van der Waals surface area contributed by atoms with Gasteiger partial charge in [-0.15, -0.1) is 0 Å². The molecule has 1 fully saturated rings. The molecule has 0 unspecified atom stereocenters. The molecular formula is C30H26O13. The van der Waals surface area contributed by atoms with E-state index in [0.717, 1.165) is 18.2 Å². The Morgan fingerprint density at radius 3 is 2.28 bits per heavy atom. The lowest BCUT2D eigenvalue weighted by atomic mass is 9.89. The number of phenolic OH excluding ortho intramolecular Hbond substituents is 5. The highest BCUT2D eigenvalue weighted by Gasteiger charge is 2.49. The summed E-state index contributed by atoms with van der Waals surface area (Å²) in [6.45, 7) is -0.799. The Labute approximate surface area is 242 Å². The molecule has 3 aromatic carbocycles. The Balaban J connectivity index is 1.53. The number of carbonyl (C=O) groups is 1. The molecule has 1 aromatic heterocycles. The van der Waals surface area contributed by atoms with E-state index in [-0.39, 0.29) is 28.2 Å². The highest BCUT2D eigenvalue weighted by Crippen LogP contribution is 2.45. The van der Waals surface area contributed by atoms with Crippen LogP contribution >= 0.6 is 0 Å². The normalized spacial score (nSPS) is 22.2. The van der Waals surface area contributed by atoms with Crippen molar-refractivity contribution in [3.05, 3.63) is 82.0 Å². The van der Waals surface area contributed by atoms with Crippen LogP contribution in [0.5, 0.6) is 28.7 Å². The highest BCUT2D eigenvalue weighted by molar-refractivity contribution is 5.89. The molecule has 0 aliphatic carbocycles. The van der Waals surface area contributed by atoms with Gasteiger partial charge in [-0.05, 0) is 48.0 Å². The molecule has 13 nitrogen and oxygen atoms in total. The minimum Gasteiger partial charge on any atom is -0.508 e. The Bertz CT molecular complexity index is 1760. The van der Waals surface area contributed by atoms with Gasteiger partial charge in [-0.2, -0.15) is 0 Å². The van der Waals surface area contributed by atoms with Gasteiger partial charge in [-0.1, -0.05) is 6.07 Å². The van der Waals surface area contributed by atoms with Crippen molar-refractivity contribution in [2.45, 2.75) is 30.5 Å². The van der Waals surface area contributed by atoms with Crippen LogP contribution in [0.2, 0.25) is 0 Å². The minimum atomic E-state index is -1.88. The van der Waals surface area contributed by atoms with Crippen LogP contribution in [0.25, 0.3) is 28.4 Å². The lowest BCUT2D eigenvalue weighted by Gasteiger charge is -2.42. The van der Waals surface area contributed by atoms with Crippen molar-refractivity contribution in [3.63, 3.8) is 0 Å². The van der Waals surface area contributed by atoms with E-state index in [0.29, 0.717) is 11.1 Å². The van der Waals surface area contributed by atoms with Crippen molar-refractivity contribution in [1.82, 2.24) is 0 Å². The molecule has 5 rings (SSSR count). The number of aliphatic hydroxyl groups excluding tert-OH is 3. The number of esters is 1. The van der Waals surface area contributed by atoms with Crippen LogP contribution < -0.4 is 5.43 Å². The van der Waals surface area contributed by atoms with Gasteiger partial charge in [0.05, 0.1) is 12.2 Å². The van der Waals surface area contributed by atoms with Crippen LogP contribution in [0.1, 0.15) is 17.2 Å². The zero-order chi connectivity index (χ0) is 31.0. The summed E-state index contributed by atoms with van der Waals surface area (Å²) in [5.41, 5.74) is -0.717. The summed E-state index contributed by atoms with van der Waals surface area (Å²) < 4.78 is 16.8. The molecule has 2 heterocycles. The first-order valence-corrected chi connectivity index (χ1v) is 12.8. The van der Waals surface area contributed by atoms with E-state index in [9.17, 15) is 50.4 Å². The molecule has 0 amide bonds. The Kier molecular flexibility index (Phi) is 7.98. The Morgan fingerprint density at radius 1 is 0.884 bits per heavy atom. The molecule has 8 N–H and O–H groups in total. The third-order valence-electron chi connectivity index (χ3n) is 6.98. The van der Waals surface area contributed by atoms with E-state index >= 15 is 0 Å². The Morgan fingerprint density at radius 2 is 1.60 bits per heavy atom. The maximum atomic E-state index is 13.1. The topological polar surface area (TPSA) is 228 Å². The number of aliphatic hydroxyl groups is 3. The summed E-state index contributed by atoms with van der Waals surface area (Å²) in [6.07, 6.45) is -6.38. The Hall–Kier alpha value is -5.08. The molecular weight excluding hydrogens is 568 g/mol. The predicted octanol–water partition coefficient (Wildman–Crippen LogP) is 1.77. The summed E-state index contributed by atoms with van der Waals surface area (Å²) >= 11 is 0. The molecule has 0 bridgehead atoms. The molecule has 4 aromatic rings. The average molecular weight is 595 g/mol. The van der Waals surface area contributed by atoms with Gasteiger partial charge in [-0.25, -0.2) is 4.79 Å². The molecule has 5 atom stereocenters. The second kappa shape index (κ2) is 11.7. The zero-order valence-corrected chi connectivity index (χ0v) is 22.1. The number of ether oxygens (including phenoxy) is 2. The monoisotopic (exact) mass is 594 g/mol. The largest absolute Gasteiger partial charge is 0.508 e. The van der Waals surface area contributed by atoms with Gasteiger partial charge in [0.1, 0.15) is 58.4 Å². The fraction of sp³-hybridized carbons (Fsp3) is 0.200. The lowest BCUT2D eigenvalue weighted by molar-refractivity contribution is -0.240. The van der Waals surface area contributed by atoms with E-state index in [4.69, 9.17) is 13.9 Å². The van der Waals surface area contributed by atoms with Crippen molar-refractivity contribution in [1.29, 1.82) is 0 Å². The van der Waals surface area contributed by atoms with Crippen molar-refractivity contribution >= 4 is 23.0 Å². The van der Waals surface area contributed by atoms with Crippen molar-refractivity contribution in [2.75, 3.05) is 6.61 Å². The number of phenols is 5. The first-order chi connectivity index (χ1) is 20.5. The molecule has 224 valence electrons. The molecule has 0 spiro atoms. The smallest absolute Gasteiger partial charge is 0.331 e. The highest BCUT2D eigenvalue weighted by atomic mass is 16.6. The van der Waals surface area contributed by atoms with Crippen LogP contribution in [0, 0.1) is 0 Å². The van der Waals surface area contributed by atoms with Crippen molar-refractivity contribution in [3.8, 4) is 40.1 Å². The summed E-state index contributed by atoms with van der Waals surface area (Å²) in [7, 11) is 0. The molecule has 1 aliphatic rings. The van der Waals surface area contributed by atoms with Gasteiger partial charge in [0, 0.05) is 23.8 Å². The fourth-order valence-electron chi connectivity index (χ4n) is 4.79. The molecule has 0 saturated carbocycles. The first-order valence-electron chi connectivity index (χ1n) is 12.8. The standard InChI is InChI=1S/C30H26O13/c31-12-22-26(38)28(40)30(43-23(37)8-2-13-1-7-16(33)17(34)9-13)29(42-22)25-19(36)11-21-24(27(25)39)18(35)10-20(41-21)14-3-5-15(32)6-4-14/h1-11,22,26,28-34,36,38-40H,12H2/b8-2+/t22-,26-,28+,29+,30-/m1/s1. The number of hydrogen-bond acceptors (Lipinski definition) is 13. The summed E-state index contributed by atoms with van der Waals surface area (Å²) in [6, 6.07) is 11.6. The van der Waals surface area contributed by atoms with Crippen LogP contribution in [0.4, 0.5) is 0 Å². The van der Waals surface area contributed by atoms with E-state index in [1.165, 1.54) is 48.5 Å². The van der Waals surface area contributed by atoms with Crippen molar-refractivity contribution < 1.29 is 59.5 Å². The lowest BCUT2D eigenvalue weighted by Crippen LogP contribution is -2.56. The predicted molar refractivity (Wildman–Crippen MR) is 148 cm³/mol. The van der Waals surface area contributed by atoms with E-state index < -0.39 is 71.3 Å². The van der Waals surface area contributed by atoms with Gasteiger partial charge in [-0.3, -0.25) is 4.79 Å². The minimum absolute atomic E-state index is 0.0156. The number of fused-ring (bicyclic) bond motifs is 1. The number of rotatable bonds is 6. The van der Waals surface area contributed by atoms with E-state index in [2.05, 4.69) is 0 Å². The number of benzene rings is 3. The quantitative estimate of drug-likeness (QED) is 0.0905. The average Bonchev–Trinajstić information content (AvgIpc) is 2.97. The van der Waals surface area contributed by atoms with Gasteiger partial charge in [0.2, 0.25) is 0 Å². The maximum absolute atomic E-state index is 13.1. The summed E-state index contributed by atoms with van der Waals surface area (Å²) in [5, 5.41) is 81.4. The molecule has 1 saturated heterocycles. The van der Waals surface area contributed by atoms with Gasteiger partial charge in [0.25, 0.3) is 0 Å². The summed E-state index contributed by atoms with van der Waals surface area (Å²) in [4.78, 5) is 25.8. The third kappa shape index (κ3) is 5.69. The van der Waals surface area contributed by atoms with Crippen LogP contribution in [0.15, 0.2) is 69.9 Å². The third-order valence-corrected chi connectivity index (χ3v) is 6.98. The van der Waals surface area contributed by atoms with Gasteiger partial charge in [0.15, 0.2) is 23.0 Å². The van der Waals surface area contributed by atoms with Crippen LogP contribution in [-0.2, 0) is 14.3 Å². The molecule has 43 heavy (non-hydrogen) atoms. The maximum Gasteiger partial charge on any atom is 0.331 e. The molecule has 1 aliphatic heterocycles.